The van der Waals surface area contributed by atoms with Gasteiger partial charge in [-0.2, -0.15) is 0 Å². The molecule has 0 aliphatic carbocycles. The van der Waals surface area contributed by atoms with Crippen LogP contribution in [0.4, 0.5) is 4.39 Å². The maximum atomic E-state index is 14.0. The maximum absolute atomic E-state index is 14.0. The molecule has 1 aromatic carbocycles. The van der Waals surface area contributed by atoms with E-state index in [1.54, 1.807) is 34.6 Å². The molecule has 0 saturated carbocycles. The zero-order valence-electron chi connectivity index (χ0n) is 12.7. The van der Waals surface area contributed by atoms with Gasteiger partial charge < -0.3 is 9.32 Å². The lowest BCUT2D eigenvalue weighted by molar-refractivity contribution is -0.132. The topological polar surface area (TPSA) is 33.5 Å². The zero-order chi connectivity index (χ0) is 16.9. The lowest BCUT2D eigenvalue weighted by atomic mass is 10.1. The summed E-state index contributed by atoms with van der Waals surface area (Å²) in [7, 11) is 0. The van der Waals surface area contributed by atoms with Crippen LogP contribution in [-0.2, 0) is 24.3 Å². The van der Waals surface area contributed by atoms with Crippen molar-refractivity contribution in [3.8, 4) is 0 Å². The van der Waals surface area contributed by atoms with Crippen molar-refractivity contribution < 1.29 is 13.6 Å². The molecular formula is C18H15ClFNO2S. The number of carbonyl (C=O) groups is 1. The minimum Gasteiger partial charge on any atom is -0.467 e. The van der Waals surface area contributed by atoms with Gasteiger partial charge in [0.1, 0.15) is 11.6 Å². The first-order chi connectivity index (χ1) is 11.6. The Kier molecular flexibility index (Phi) is 5.33. The van der Waals surface area contributed by atoms with Gasteiger partial charge >= 0.3 is 0 Å². The molecule has 24 heavy (non-hydrogen) atoms. The smallest absolute Gasteiger partial charge is 0.227 e. The van der Waals surface area contributed by atoms with Crippen LogP contribution in [0, 0.1) is 5.82 Å². The van der Waals surface area contributed by atoms with Crippen molar-refractivity contribution in [2.24, 2.45) is 0 Å². The average molecular weight is 364 g/mol. The summed E-state index contributed by atoms with van der Waals surface area (Å²) in [5.41, 5.74) is 0.222. The van der Waals surface area contributed by atoms with Gasteiger partial charge in [-0.3, -0.25) is 4.79 Å². The third kappa shape index (κ3) is 4.04. The minimum absolute atomic E-state index is 0.0857. The molecule has 0 atom stereocenters. The van der Waals surface area contributed by atoms with Crippen molar-refractivity contribution in [1.29, 1.82) is 0 Å². The maximum Gasteiger partial charge on any atom is 0.227 e. The lowest BCUT2D eigenvalue weighted by Gasteiger charge is -2.21. The van der Waals surface area contributed by atoms with E-state index >= 15 is 0 Å². The fourth-order valence-electron chi connectivity index (χ4n) is 2.38. The molecule has 0 N–H and O–H groups in total. The van der Waals surface area contributed by atoms with Gasteiger partial charge in [0.15, 0.2) is 0 Å². The van der Waals surface area contributed by atoms with Crippen LogP contribution >= 0.6 is 22.9 Å². The second-order valence-corrected chi connectivity index (χ2v) is 6.72. The summed E-state index contributed by atoms with van der Waals surface area (Å²) in [5.74, 6) is 0.0104. The highest BCUT2D eigenvalue weighted by atomic mass is 35.5. The van der Waals surface area contributed by atoms with Gasteiger partial charge in [-0.15, -0.1) is 11.3 Å². The van der Waals surface area contributed by atoms with E-state index in [4.69, 9.17) is 16.0 Å². The Morgan fingerprint density at radius 2 is 2.04 bits per heavy atom. The zero-order valence-corrected chi connectivity index (χ0v) is 14.3. The van der Waals surface area contributed by atoms with Crippen molar-refractivity contribution >= 4 is 28.8 Å². The summed E-state index contributed by atoms with van der Waals surface area (Å²) in [6.07, 6.45) is 1.48. The number of benzene rings is 1. The number of carbonyl (C=O) groups excluding carboxylic acids is 1. The van der Waals surface area contributed by atoms with Gasteiger partial charge in [0, 0.05) is 15.5 Å². The molecule has 124 valence electrons. The van der Waals surface area contributed by atoms with Crippen LogP contribution in [0.1, 0.15) is 16.2 Å². The van der Waals surface area contributed by atoms with Crippen LogP contribution in [-0.4, -0.2) is 10.8 Å². The number of thiophene rings is 1. The number of halogens is 2. The predicted octanol–water partition coefficient (Wildman–Crippen LogP) is 4.91. The molecule has 2 aromatic heterocycles. The van der Waals surface area contributed by atoms with Crippen molar-refractivity contribution in [2.45, 2.75) is 19.5 Å². The van der Waals surface area contributed by atoms with Crippen molar-refractivity contribution in [3.63, 3.8) is 0 Å². The second-order valence-electron chi connectivity index (χ2n) is 5.29. The number of furan rings is 1. The molecule has 3 nitrogen and oxygen atoms in total. The molecule has 0 bridgehead atoms. The Morgan fingerprint density at radius 1 is 1.17 bits per heavy atom. The molecule has 0 aliphatic rings. The summed E-state index contributed by atoms with van der Waals surface area (Å²) < 4.78 is 19.3. The standard InChI is InChI=1S/C18H15ClFNO2S/c19-16-6-1-7-17(20)15(16)10-18(22)21(11-13-4-2-8-23-13)12-14-5-3-9-24-14/h1-9H,10-12H2. The Labute approximate surface area is 148 Å². The largest absolute Gasteiger partial charge is 0.467 e. The van der Waals surface area contributed by atoms with Gasteiger partial charge in [-0.05, 0) is 35.7 Å². The van der Waals surface area contributed by atoms with Gasteiger partial charge in [0.25, 0.3) is 0 Å². The van der Waals surface area contributed by atoms with Crippen LogP contribution in [0.15, 0.2) is 58.5 Å². The Morgan fingerprint density at radius 3 is 2.71 bits per heavy atom. The van der Waals surface area contributed by atoms with Gasteiger partial charge in [-0.1, -0.05) is 23.7 Å². The van der Waals surface area contributed by atoms with Gasteiger partial charge in [0.2, 0.25) is 5.91 Å². The fourth-order valence-corrected chi connectivity index (χ4v) is 3.33. The van der Waals surface area contributed by atoms with E-state index in [2.05, 4.69) is 0 Å². The molecule has 1 amide bonds. The number of hydrogen-bond donors (Lipinski definition) is 0. The molecule has 0 saturated heterocycles. The second kappa shape index (κ2) is 7.64. The van der Waals surface area contributed by atoms with E-state index in [9.17, 15) is 9.18 Å². The first-order valence-corrected chi connectivity index (χ1v) is 8.64. The van der Waals surface area contributed by atoms with E-state index in [1.807, 2.05) is 23.6 Å². The van der Waals surface area contributed by atoms with E-state index in [-0.39, 0.29) is 22.9 Å². The normalized spacial score (nSPS) is 10.8. The van der Waals surface area contributed by atoms with E-state index in [1.165, 1.54) is 12.1 Å². The molecule has 2 heterocycles. The van der Waals surface area contributed by atoms with Gasteiger partial charge in [-0.25, -0.2) is 4.39 Å². The highest BCUT2D eigenvalue weighted by molar-refractivity contribution is 7.09. The third-order valence-electron chi connectivity index (χ3n) is 3.60. The number of amides is 1. The molecule has 3 aromatic rings. The first-order valence-electron chi connectivity index (χ1n) is 7.39. The van der Waals surface area contributed by atoms with Crippen molar-refractivity contribution in [1.82, 2.24) is 4.90 Å². The number of rotatable bonds is 6. The monoisotopic (exact) mass is 363 g/mol. The van der Waals surface area contributed by atoms with Crippen LogP contribution in [0.2, 0.25) is 5.02 Å². The van der Waals surface area contributed by atoms with Gasteiger partial charge in [0.05, 0.1) is 25.8 Å². The third-order valence-corrected chi connectivity index (χ3v) is 4.81. The first kappa shape index (κ1) is 16.7. The molecule has 0 unspecified atom stereocenters. The summed E-state index contributed by atoms with van der Waals surface area (Å²) in [6.45, 7) is 0.777. The molecule has 0 aliphatic heterocycles. The van der Waals surface area contributed by atoms with E-state index in [0.29, 0.717) is 18.8 Å². The van der Waals surface area contributed by atoms with Crippen LogP contribution < -0.4 is 0 Å². The number of hydrogen-bond acceptors (Lipinski definition) is 3. The molecule has 0 fully saturated rings. The Bertz CT molecular complexity index is 746. The molecule has 3 rings (SSSR count). The highest BCUT2D eigenvalue weighted by Crippen LogP contribution is 2.22. The van der Waals surface area contributed by atoms with Crippen molar-refractivity contribution in [3.05, 3.63) is 81.1 Å². The average Bonchev–Trinajstić information content (AvgIpc) is 3.24. The summed E-state index contributed by atoms with van der Waals surface area (Å²) in [4.78, 5) is 15.4. The summed E-state index contributed by atoms with van der Waals surface area (Å²) >= 11 is 7.61. The van der Waals surface area contributed by atoms with Crippen LogP contribution in [0.5, 0.6) is 0 Å². The lowest BCUT2D eigenvalue weighted by Crippen LogP contribution is -2.31. The molecular weight excluding hydrogens is 349 g/mol. The van der Waals surface area contributed by atoms with Crippen LogP contribution in [0.3, 0.4) is 0 Å². The van der Waals surface area contributed by atoms with Crippen LogP contribution in [0.25, 0.3) is 0 Å². The van der Waals surface area contributed by atoms with E-state index < -0.39 is 5.82 Å². The minimum atomic E-state index is -0.468. The van der Waals surface area contributed by atoms with E-state index in [0.717, 1.165) is 4.88 Å². The Hall–Kier alpha value is -2.11. The predicted molar refractivity (Wildman–Crippen MR) is 92.4 cm³/mol. The molecule has 6 heteroatoms. The summed E-state index contributed by atoms with van der Waals surface area (Å²) in [6, 6.07) is 11.9. The summed E-state index contributed by atoms with van der Waals surface area (Å²) in [5, 5.41) is 2.22. The van der Waals surface area contributed by atoms with Crippen molar-refractivity contribution in [2.75, 3.05) is 0 Å². The molecule has 0 spiro atoms. The quantitative estimate of drug-likeness (QED) is 0.623. The highest BCUT2D eigenvalue weighted by Gasteiger charge is 2.20. The molecule has 0 radical (unpaired) electrons. The Balaban J connectivity index is 1.79. The fraction of sp³-hybridized carbons (Fsp3) is 0.167. The SMILES string of the molecule is O=C(Cc1c(F)cccc1Cl)N(Cc1ccco1)Cc1cccs1. The number of nitrogens with zero attached hydrogens (tertiary/aromatic N) is 1.